The maximum absolute atomic E-state index is 13.6. The van der Waals surface area contributed by atoms with E-state index in [2.05, 4.69) is 0 Å². The van der Waals surface area contributed by atoms with Crippen molar-refractivity contribution in [2.24, 2.45) is 5.92 Å². The largest absolute Gasteiger partial charge is 0.490 e. The zero-order valence-corrected chi connectivity index (χ0v) is 12.6. The number of benzene rings is 1. The van der Waals surface area contributed by atoms with Gasteiger partial charge in [-0.05, 0) is 37.3 Å². The molecule has 6 heteroatoms. The molecule has 0 heterocycles. The minimum absolute atomic E-state index is 0.0471. The van der Waals surface area contributed by atoms with Gasteiger partial charge in [0.05, 0.1) is 12.4 Å². The highest BCUT2D eigenvalue weighted by Gasteiger charge is 2.11. The van der Waals surface area contributed by atoms with E-state index in [1.165, 1.54) is 0 Å². The third-order valence-corrected chi connectivity index (χ3v) is 4.07. The molecule has 3 nitrogen and oxygen atoms in total. The summed E-state index contributed by atoms with van der Waals surface area (Å²) in [7, 11) is 1.70. The van der Waals surface area contributed by atoms with Crippen molar-refractivity contribution in [1.82, 2.24) is 0 Å². The zero-order chi connectivity index (χ0) is 14.5. The Hall–Kier alpha value is -0.810. The van der Waals surface area contributed by atoms with Crippen LogP contribution in [0.1, 0.15) is 25.3 Å². The monoisotopic (exact) mass is 308 g/mol. The van der Waals surface area contributed by atoms with Crippen molar-refractivity contribution in [3.05, 3.63) is 29.6 Å². The standard InChI is InChI=1S/C13H18ClFO3S/c1-10(7-9-19(14,16)17)6-8-18-12-5-3-4-11(2)13(12)15/h3-5,10H,6-9H2,1-2H3. The Morgan fingerprint density at radius 2 is 2.05 bits per heavy atom. The summed E-state index contributed by atoms with van der Waals surface area (Å²) in [5.41, 5.74) is 0.541. The molecule has 19 heavy (non-hydrogen) atoms. The predicted octanol–water partition coefficient (Wildman–Crippen LogP) is 3.50. The van der Waals surface area contributed by atoms with Gasteiger partial charge in [0, 0.05) is 10.7 Å². The molecule has 0 spiro atoms. The first kappa shape index (κ1) is 16.2. The molecule has 1 atom stereocenters. The summed E-state index contributed by atoms with van der Waals surface area (Å²) in [5.74, 6) is -0.00816. The van der Waals surface area contributed by atoms with Crippen LogP contribution in [-0.4, -0.2) is 20.8 Å². The fraction of sp³-hybridized carbons (Fsp3) is 0.538. The highest BCUT2D eigenvalue weighted by Crippen LogP contribution is 2.20. The van der Waals surface area contributed by atoms with Crippen molar-refractivity contribution in [2.45, 2.75) is 26.7 Å². The van der Waals surface area contributed by atoms with Gasteiger partial charge in [-0.1, -0.05) is 19.1 Å². The topological polar surface area (TPSA) is 43.4 Å². The second-order valence-corrected chi connectivity index (χ2v) is 7.56. The molecule has 0 aromatic heterocycles. The van der Waals surface area contributed by atoms with Crippen molar-refractivity contribution < 1.29 is 17.5 Å². The van der Waals surface area contributed by atoms with E-state index in [-0.39, 0.29) is 23.2 Å². The minimum atomic E-state index is -3.44. The summed E-state index contributed by atoms with van der Waals surface area (Å²) in [6, 6.07) is 4.99. The van der Waals surface area contributed by atoms with Gasteiger partial charge in [0.25, 0.3) is 0 Å². The maximum Gasteiger partial charge on any atom is 0.232 e. The van der Waals surface area contributed by atoms with Crippen LogP contribution in [0.2, 0.25) is 0 Å². The molecule has 1 unspecified atom stereocenters. The van der Waals surface area contributed by atoms with Gasteiger partial charge >= 0.3 is 0 Å². The summed E-state index contributed by atoms with van der Waals surface area (Å²) in [6.07, 6.45) is 1.13. The lowest BCUT2D eigenvalue weighted by Gasteiger charge is -2.12. The zero-order valence-electron chi connectivity index (χ0n) is 11.0. The van der Waals surface area contributed by atoms with Crippen molar-refractivity contribution >= 4 is 19.7 Å². The molecule has 0 amide bonds. The molecule has 0 saturated heterocycles. The van der Waals surface area contributed by atoms with Crippen LogP contribution >= 0.6 is 10.7 Å². The Morgan fingerprint density at radius 3 is 2.68 bits per heavy atom. The Balaban J connectivity index is 2.36. The Labute approximate surface area is 118 Å². The Kier molecular flexibility index (Phi) is 6.07. The first-order valence-electron chi connectivity index (χ1n) is 6.10. The molecular weight excluding hydrogens is 291 g/mol. The van der Waals surface area contributed by atoms with Crippen LogP contribution in [0.15, 0.2) is 18.2 Å². The molecular formula is C13H18ClFO3S. The number of rotatable bonds is 7. The fourth-order valence-corrected chi connectivity index (χ4v) is 2.54. The average Bonchev–Trinajstić information content (AvgIpc) is 2.31. The second kappa shape index (κ2) is 7.10. The van der Waals surface area contributed by atoms with Gasteiger partial charge in [0.1, 0.15) is 0 Å². The lowest BCUT2D eigenvalue weighted by Crippen LogP contribution is -2.09. The molecule has 1 rings (SSSR count). The number of halogens is 2. The van der Waals surface area contributed by atoms with E-state index in [1.54, 1.807) is 25.1 Å². The fourth-order valence-electron chi connectivity index (χ4n) is 1.59. The van der Waals surface area contributed by atoms with Crippen LogP contribution in [0.4, 0.5) is 4.39 Å². The van der Waals surface area contributed by atoms with Crippen LogP contribution < -0.4 is 4.74 Å². The van der Waals surface area contributed by atoms with E-state index in [9.17, 15) is 12.8 Å². The summed E-state index contributed by atoms with van der Waals surface area (Å²) in [6.45, 7) is 3.94. The van der Waals surface area contributed by atoms with Gasteiger partial charge in [-0.25, -0.2) is 12.8 Å². The Morgan fingerprint density at radius 1 is 1.37 bits per heavy atom. The number of hydrogen-bond donors (Lipinski definition) is 0. The summed E-state index contributed by atoms with van der Waals surface area (Å²) in [5, 5.41) is 0. The average molecular weight is 309 g/mol. The SMILES string of the molecule is Cc1cccc(OCCC(C)CCS(=O)(=O)Cl)c1F. The minimum Gasteiger partial charge on any atom is -0.490 e. The lowest BCUT2D eigenvalue weighted by atomic mass is 10.1. The van der Waals surface area contributed by atoms with Gasteiger partial charge < -0.3 is 4.74 Å². The van der Waals surface area contributed by atoms with E-state index in [0.29, 0.717) is 25.0 Å². The first-order valence-corrected chi connectivity index (χ1v) is 8.57. The van der Waals surface area contributed by atoms with Gasteiger partial charge in [0.15, 0.2) is 11.6 Å². The van der Waals surface area contributed by atoms with E-state index >= 15 is 0 Å². The molecule has 0 aliphatic heterocycles. The summed E-state index contributed by atoms with van der Waals surface area (Å²) >= 11 is 0. The molecule has 0 aliphatic carbocycles. The maximum atomic E-state index is 13.6. The molecule has 0 bridgehead atoms. The quantitative estimate of drug-likeness (QED) is 0.724. The molecule has 0 radical (unpaired) electrons. The molecule has 1 aromatic carbocycles. The molecule has 0 fully saturated rings. The summed E-state index contributed by atoms with van der Waals surface area (Å²) in [4.78, 5) is 0. The van der Waals surface area contributed by atoms with Crippen LogP contribution in [0.5, 0.6) is 5.75 Å². The van der Waals surface area contributed by atoms with E-state index in [4.69, 9.17) is 15.4 Å². The van der Waals surface area contributed by atoms with Crippen LogP contribution in [0.3, 0.4) is 0 Å². The normalized spacial score (nSPS) is 13.3. The van der Waals surface area contributed by atoms with Crippen LogP contribution in [0, 0.1) is 18.7 Å². The van der Waals surface area contributed by atoms with Gasteiger partial charge in [-0.3, -0.25) is 0 Å². The highest BCUT2D eigenvalue weighted by molar-refractivity contribution is 8.13. The number of aryl methyl sites for hydroxylation is 1. The van der Waals surface area contributed by atoms with Crippen molar-refractivity contribution in [3.63, 3.8) is 0 Å². The predicted molar refractivity (Wildman–Crippen MR) is 74.7 cm³/mol. The molecule has 0 aliphatic rings. The Bertz CT molecular complexity index is 517. The lowest BCUT2D eigenvalue weighted by molar-refractivity contribution is 0.269. The van der Waals surface area contributed by atoms with Crippen molar-refractivity contribution in [2.75, 3.05) is 12.4 Å². The number of hydrogen-bond acceptors (Lipinski definition) is 3. The molecule has 0 N–H and O–H groups in total. The van der Waals surface area contributed by atoms with Crippen LogP contribution in [0.25, 0.3) is 0 Å². The first-order chi connectivity index (χ1) is 8.79. The van der Waals surface area contributed by atoms with E-state index < -0.39 is 9.05 Å². The second-order valence-electron chi connectivity index (χ2n) is 4.66. The van der Waals surface area contributed by atoms with Crippen molar-refractivity contribution in [1.29, 1.82) is 0 Å². The number of ether oxygens (including phenoxy) is 1. The molecule has 108 valence electrons. The van der Waals surface area contributed by atoms with E-state index in [0.717, 1.165) is 0 Å². The van der Waals surface area contributed by atoms with E-state index in [1.807, 2.05) is 6.92 Å². The summed E-state index contributed by atoms with van der Waals surface area (Å²) < 4.78 is 40.6. The third kappa shape index (κ3) is 6.25. The van der Waals surface area contributed by atoms with Gasteiger partial charge in [-0.15, -0.1) is 0 Å². The molecule has 0 saturated carbocycles. The van der Waals surface area contributed by atoms with Gasteiger partial charge in [0.2, 0.25) is 9.05 Å². The van der Waals surface area contributed by atoms with Crippen LogP contribution in [-0.2, 0) is 9.05 Å². The third-order valence-electron chi connectivity index (χ3n) is 2.88. The highest BCUT2D eigenvalue weighted by atomic mass is 35.7. The molecule has 1 aromatic rings. The van der Waals surface area contributed by atoms with Crippen molar-refractivity contribution in [3.8, 4) is 5.75 Å². The van der Waals surface area contributed by atoms with Gasteiger partial charge in [-0.2, -0.15) is 0 Å². The smallest absolute Gasteiger partial charge is 0.232 e.